The molecular weight excluding hydrogens is 360 g/mol. The van der Waals surface area contributed by atoms with Crippen LogP contribution in [0.1, 0.15) is 41.6 Å². The van der Waals surface area contributed by atoms with Crippen molar-refractivity contribution < 1.29 is 19.1 Å². The van der Waals surface area contributed by atoms with E-state index in [1.54, 1.807) is 39.1 Å². The number of benzene rings is 1. The Morgan fingerprint density at radius 2 is 1.86 bits per heavy atom. The third-order valence-corrected chi connectivity index (χ3v) is 4.73. The van der Waals surface area contributed by atoms with Crippen LogP contribution in [-0.4, -0.2) is 37.5 Å². The maximum Gasteiger partial charge on any atom is 0.419 e. The summed E-state index contributed by atoms with van der Waals surface area (Å²) in [6, 6.07) is 7.24. The standard InChI is InChI=1S/C20H16N4O4/c1-20(2,3)28-19(27)24-11-7-5-4-6-10(11)13-14-16(18(26)22-17(14)25)23-9-21-8-12(23)15(13)24/h4-9H,1-3H3,(H,22,25,26). The maximum atomic E-state index is 13.1. The number of rotatable bonds is 0. The molecule has 1 aliphatic heterocycles. The molecule has 28 heavy (non-hydrogen) atoms. The van der Waals surface area contributed by atoms with E-state index < -0.39 is 23.5 Å². The van der Waals surface area contributed by atoms with Crippen molar-refractivity contribution in [2.75, 3.05) is 0 Å². The van der Waals surface area contributed by atoms with Crippen LogP contribution in [0.3, 0.4) is 0 Å². The number of imidazole rings is 1. The molecule has 8 nitrogen and oxygen atoms in total. The molecule has 140 valence electrons. The van der Waals surface area contributed by atoms with Crippen LogP contribution in [0.2, 0.25) is 0 Å². The van der Waals surface area contributed by atoms with Gasteiger partial charge in [0.15, 0.2) is 0 Å². The first-order valence-electron chi connectivity index (χ1n) is 8.78. The predicted octanol–water partition coefficient (Wildman–Crippen LogP) is 3.11. The zero-order valence-electron chi connectivity index (χ0n) is 15.4. The second kappa shape index (κ2) is 5.19. The van der Waals surface area contributed by atoms with Gasteiger partial charge in [0.1, 0.15) is 11.3 Å². The van der Waals surface area contributed by atoms with Gasteiger partial charge in [-0.15, -0.1) is 0 Å². The Balaban J connectivity index is 2.03. The number of carbonyl (C=O) groups excluding carboxylic acids is 3. The van der Waals surface area contributed by atoms with E-state index >= 15 is 0 Å². The van der Waals surface area contributed by atoms with Gasteiger partial charge < -0.3 is 4.74 Å². The Bertz CT molecular complexity index is 1350. The van der Waals surface area contributed by atoms with Gasteiger partial charge >= 0.3 is 6.09 Å². The lowest BCUT2D eigenvalue weighted by molar-refractivity contribution is 0.0551. The van der Waals surface area contributed by atoms with Crippen molar-refractivity contribution in [3.8, 4) is 0 Å². The summed E-state index contributed by atoms with van der Waals surface area (Å²) in [6.07, 6.45) is 2.47. The number of nitrogens with zero attached hydrogens (tertiary/aromatic N) is 3. The molecule has 0 saturated carbocycles. The van der Waals surface area contributed by atoms with E-state index in [0.717, 1.165) is 0 Å². The van der Waals surface area contributed by atoms with Gasteiger partial charge in [-0.3, -0.25) is 19.3 Å². The highest BCUT2D eigenvalue weighted by Gasteiger charge is 2.36. The Hall–Kier alpha value is -3.68. The van der Waals surface area contributed by atoms with Gasteiger partial charge in [0.25, 0.3) is 11.8 Å². The van der Waals surface area contributed by atoms with E-state index in [9.17, 15) is 14.4 Å². The monoisotopic (exact) mass is 376 g/mol. The molecule has 8 heteroatoms. The molecule has 1 aromatic carbocycles. The van der Waals surface area contributed by atoms with E-state index in [1.807, 2.05) is 12.1 Å². The van der Waals surface area contributed by atoms with Crippen LogP contribution >= 0.6 is 0 Å². The maximum absolute atomic E-state index is 13.1. The zero-order valence-corrected chi connectivity index (χ0v) is 15.4. The zero-order chi connectivity index (χ0) is 19.8. The Kier molecular flexibility index (Phi) is 3.06. The SMILES string of the molecule is CC(C)(C)OC(=O)n1c2ccccc2c2c3c(n4cncc4c21)C(=O)NC3=O. The Labute approximate surface area is 158 Å². The summed E-state index contributed by atoms with van der Waals surface area (Å²) in [6.45, 7) is 5.37. The molecule has 2 amide bonds. The highest BCUT2D eigenvalue weighted by atomic mass is 16.6. The van der Waals surface area contributed by atoms with E-state index in [4.69, 9.17) is 4.74 Å². The highest BCUT2D eigenvalue weighted by molar-refractivity contribution is 6.32. The Morgan fingerprint density at radius 3 is 2.61 bits per heavy atom. The van der Waals surface area contributed by atoms with E-state index in [0.29, 0.717) is 27.3 Å². The summed E-state index contributed by atoms with van der Waals surface area (Å²) < 4.78 is 8.61. The number of nitrogens with one attached hydrogen (secondary N) is 1. The van der Waals surface area contributed by atoms with Crippen molar-refractivity contribution in [3.05, 3.63) is 48.0 Å². The van der Waals surface area contributed by atoms with Crippen molar-refractivity contribution in [3.63, 3.8) is 0 Å². The van der Waals surface area contributed by atoms with Crippen LogP contribution in [0.4, 0.5) is 4.79 Å². The van der Waals surface area contributed by atoms with Gasteiger partial charge in [-0.2, -0.15) is 0 Å². The molecule has 4 heterocycles. The predicted molar refractivity (Wildman–Crippen MR) is 102 cm³/mol. The number of hydrogen-bond donors (Lipinski definition) is 1. The van der Waals surface area contributed by atoms with Crippen LogP contribution in [0.25, 0.3) is 27.3 Å². The summed E-state index contributed by atoms with van der Waals surface area (Å²) >= 11 is 0. The quantitative estimate of drug-likeness (QED) is 0.476. The van der Waals surface area contributed by atoms with Gasteiger partial charge in [0.2, 0.25) is 0 Å². The number of pyridine rings is 1. The molecule has 0 atom stereocenters. The number of ether oxygens (including phenoxy) is 1. The first-order chi connectivity index (χ1) is 13.3. The first kappa shape index (κ1) is 16.5. The number of imide groups is 1. The molecule has 0 unspecified atom stereocenters. The second-order valence-electron chi connectivity index (χ2n) is 7.71. The molecule has 0 radical (unpaired) electrons. The average Bonchev–Trinajstić information content (AvgIpc) is 3.27. The molecule has 1 N–H and O–H groups in total. The number of para-hydroxylation sites is 1. The van der Waals surface area contributed by atoms with Crippen molar-refractivity contribution in [1.82, 2.24) is 19.3 Å². The topological polar surface area (TPSA) is 94.7 Å². The van der Waals surface area contributed by atoms with Gasteiger partial charge in [-0.25, -0.2) is 14.3 Å². The Morgan fingerprint density at radius 1 is 1.11 bits per heavy atom. The first-order valence-corrected chi connectivity index (χ1v) is 8.78. The number of fused-ring (bicyclic) bond motifs is 8. The fourth-order valence-corrected chi connectivity index (χ4v) is 3.79. The summed E-state index contributed by atoms with van der Waals surface area (Å²) in [5, 5.41) is 3.57. The van der Waals surface area contributed by atoms with Crippen molar-refractivity contribution in [1.29, 1.82) is 0 Å². The molecular formula is C20H16N4O4. The van der Waals surface area contributed by atoms with Crippen LogP contribution in [0.15, 0.2) is 36.8 Å². The van der Waals surface area contributed by atoms with Gasteiger partial charge in [0, 0.05) is 10.8 Å². The normalized spacial score (nSPS) is 14.1. The molecule has 1 aliphatic rings. The smallest absolute Gasteiger partial charge is 0.419 e. The van der Waals surface area contributed by atoms with Gasteiger partial charge in [0.05, 0.1) is 34.6 Å². The van der Waals surface area contributed by atoms with Crippen molar-refractivity contribution >= 4 is 45.2 Å². The lowest BCUT2D eigenvalue weighted by Gasteiger charge is -2.20. The second-order valence-corrected chi connectivity index (χ2v) is 7.71. The number of aromatic nitrogens is 3. The molecule has 0 spiro atoms. The lowest BCUT2D eigenvalue weighted by atomic mass is 10.1. The lowest BCUT2D eigenvalue weighted by Crippen LogP contribution is -2.27. The summed E-state index contributed by atoms with van der Waals surface area (Å²) in [4.78, 5) is 42.3. The van der Waals surface area contributed by atoms with E-state index in [-0.39, 0.29) is 11.3 Å². The molecule has 0 fully saturated rings. The fourth-order valence-electron chi connectivity index (χ4n) is 3.79. The van der Waals surface area contributed by atoms with Crippen molar-refractivity contribution in [2.24, 2.45) is 0 Å². The van der Waals surface area contributed by atoms with Crippen LogP contribution in [0, 0.1) is 0 Å². The summed E-state index contributed by atoms with van der Waals surface area (Å²) in [5.41, 5.74) is 1.38. The largest absolute Gasteiger partial charge is 0.443 e. The third kappa shape index (κ3) is 2.05. The van der Waals surface area contributed by atoms with Crippen LogP contribution < -0.4 is 5.32 Å². The number of carbonyl (C=O) groups is 3. The van der Waals surface area contributed by atoms with Crippen LogP contribution in [0.5, 0.6) is 0 Å². The highest BCUT2D eigenvalue weighted by Crippen LogP contribution is 2.38. The van der Waals surface area contributed by atoms with E-state index in [2.05, 4.69) is 10.3 Å². The molecule has 4 aromatic rings. The third-order valence-electron chi connectivity index (χ3n) is 4.73. The number of amides is 2. The minimum atomic E-state index is -0.699. The molecule has 3 aromatic heterocycles. The fraction of sp³-hybridized carbons (Fsp3) is 0.200. The number of hydrogen-bond acceptors (Lipinski definition) is 5. The van der Waals surface area contributed by atoms with Crippen molar-refractivity contribution in [2.45, 2.75) is 26.4 Å². The summed E-state index contributed by atoms with van der Waals surface area (Å²) in [7, 11) is 0. The molecule has 0 bridgehead atoms. The van der Waals surface area contributed by atoms with E-state index in [1.165, 1.54) is 15.3 Å². The average molecular weight is 376 g/mol. The summed E-state index contributed by atoms with van der Waals surface area (Å²) in [5.74, 6) is -0.980. The van der Waals surface area contributed by atoms with Gasteiger partial charge in [-0.1, -0.05) is 18.2 Å². The minimum Gasteiger partial charge on any atom is -0.443 e. The van der Waals surface area contributed by atoms with Crippen LogP contribution in [-0.2, 0) is 4.74 Å². The molecule has 5 rings (SSSR count). The molecule has 0 saturated heterocycles. The van der Waals surface area contributed by atoms with Gasteiger partial charge in [-0.05, 0) is 26.8 Å². The minimum absolute atomic E-state index is 0.220. The molecule has 0 aliphatic carbocycles.